The first kappa shape index (κ1) is 19.0. The molecule has 0 spiro atoms. The third kappa shape index (κ3) is 5.58. The van der Waals surface area contributed by atoms with E-state index >= 15 is 0 Å². The molecule has 0 aliphatic rings. The van der Waals surface area contributed by atoms with Crippen LogP contribution in [0.2, 0.25) is 0 Å². The highest BCUT2D eigenvalue weighted by Crippen LogP contribution is 2.19. The van der Waals surface area contributed by atoms with Crippen LogP contribution in [0.4, 0.5) is 0 Å². The van der Waals surface area contributed by atoms with Crippen molar-refractivity contribution in [3.63, 3.8) is 0 Å². The van der Waals surface area contributed by atoms with Gasteiger partial charge in [-0.3, -0.25) is 9.59 Å². The molecular formula is C18H23N3O3S. The molecule has 0 saturated heterocycles. The maximum atomic E-state index is 12.0. The number of hydrogen-bond donors (Lipinski definition) is 2. The molecule has 1 unspecified atom stereocenters. The maximum Gasteiger partial charge on any atom is 0.309 e. The fraction of sp³-hybridized carbons (Fsp3) is 0.333. The second kappa shape index (κ2) is 9.19. The average molecular weight is 361 g/mol. The normalized spacial score (nSPS) is 11.8. The van der Waals surface area contributed by atoms with Gasteiger partial charge < -0.3 is 20.3 Å². The number of hydrogen-bond acceptors (Lipinski definition) is 5. The van der Waals surface area contributed by atoms with Crippen molar-refractivity contribution in [2.45, 2.75) is 12.6 Å². The predicted molar refractivity (Wildman–Crippen MR) is 98.6 cm³/mol. The minimum Gasteiger partial charge on any atom is -0.497 e. The summed E-state index contributed by atoms with van der Waals surface area (Å²) in [5.74, 6) is -0.523. The lowest BCUT2D eigenvalue weighted by Gasteiger charge is -2.23. The summed E-state index contributed by atoms with van der Waals surface area (Å²) in [6.07, 6.45) is 0. The van der Waals surface area contributed by atoms with Crippen molar-refractivity contribution < 1.29 is 14.3 Å². The standard InChI is InChI=1S/C18H23N3O3S/c1-21(2)16(14-8-9-25-12-14)11-20-18(23)17(22)19-10-13-4-6-15(24-3)7-5-13/h4-9,12,16H,10-11H2,1-3H3,(H,19,22)(H,20,23). The van der Waals surface area contributed by atoms with Gasteiger partial charge in [-0.15, -0.1) is 0 Å². The summed E-state index contributed by atoms with van der Waals surface area (Å²) < 4.78 is 5.08. The molecule has 0 fully saturated rings. The topological polar surface area (TPSA) is 70.7 Å². The van der Waals surface area contributed by atoms with Crippen LogP contribution in [0.1, 0.15) is 17.2 Å². The molecule has 0 bridgehead atoms. The molecular weight excluding hydrogens is 338 g/mol. The molecule has 1 atom stereocenters. The van der Waals surface area contributed by atoms with E-state index in [2.05, 4.69) is 10.6 Å². The zero-order valence-electron chi connectivity index (χ0n) is 14.6. The first-order valence-electron chi connectivity index (χ1n) is 7.88. The van der Waals surface area contributed by atoms with Crippen molar-refractivity contribution in [1.82, 2.24) is 15.5 Å². The predicted octanol–water partition coefficient (Wildman–Crippen LogP) is 1.79. The summed E-state index contributed by atoms with van der Waals surface area (Å²) >= 11 is 1.61. The van der Waals surface area contributed by atoms with Gasteiger partial charge in [0.1, 0.15) is 5.75 Å². The maximum absolute atomic E-state index is 12.0. The number of benzene rings is 1. The smallest absolute Gasteiger partial charge is 0.309 e. The van der Waals surface area contributed by atoms with Gasteiger partial charge in [-0.25, -0.2) is 0 Å². The largest absolute Gasteiger partial charge is 0.497 e. The lowest BCUT2D eigenvalue weighted by atomic mass is 10.1. The Morgan fingerprint density at radius 3 is 2.36 bits per heavy atom. The van der Waals surface area contributed by atoms with E-state index in [4.69, 9.17) is 4.74 Å². The van der Waals surface area contributed by atoms with Crippen LogP contribution in [-0.4, -0.2) is 44.5 Å². The van der Waals surface area contributed by atoms with Gasteiger partial charge in [0, 0.05) is 13.1 Å². The van der Waals surface area contributed by atoms with Gasteiger partial charge in [0.2, 0.25) is 0 Å². The number of likely N-dealkylation sites (N-methyl/N-ethyl adjacent to an activating group) is 1. The molecule has 7 heteroatoms. The summed E-state index contributed by atoms with van der Waals surface area (Å²) in [7, 11) is 5.48. The highest BCUT2D eigenvalue weighted by Gasteiger charge is 2.18. The fourth-order valence-corrected chi connectivity index (χ4v) is 3.05. The molecule has 2 amide bonds. The monoisotopic (exact) mass is 361 g/mol. The Morgan fingerprint density at radius 2 is 1.80 bits per heavy atom. The Balaban J connectivity index is 1.82. The molecule has 2 aromatic rings. The Morgan fingerprint density at radius 1 is 1.12 bits per heavy atom. The number of methoxy groups -OCH3 is 1. The van der Waals surface area contributed by atoms with Crippen molar-refractivity contribution in [2.75, 3.05) is 27.7 Å². The molecule has 1 aromatic heterocycles. The summed E-state index contributed by atoms with van der Waals surface area (Å²) in [6.45, 7) is 0.663. The van der Waals surface area contributed by atoms with Gasteiger partial charge in [0.15, 0.2) is 0 Å². The minimum absolute atomic E-state index is 0.0320. The van der Waals surface area contributed by atoms with Crippen LogP contribution < -0.4 is 15.4 Å². The molecule has 25 heavy (non-hydrogen) atoms. The van der Waals surface area contributed by atoms with Crippen molar-refractivity contribution in [3.05, 3.63) is 52.2 Å². The van der Waals surface area contributed by atoms with Gasteiger partial charge in [-0.05, 0) is 54.2 Å². The van der Waals surface area contributed by atoms with Crippen LogP contribution >= 0.6 is 11.3 Å². The number of nitrogens with one attached hydrogen (secondary N) is 2. The molecule has 6 nitrogen and oxygen atoms in total. The number of amides is 2. The number of rotatable bonds is 7. The Labute approximate surface area is 151 Å². The fourth-order valence-electron chi connectivity index (χ4n) is 2.34. The van der Waals surface area contributed by atoms with Crippen molar-refractivity contribution in [1.29, 1.82) is 0 Å². The molecule has 2 rings (SSSR count). The summed E-state index contributed by atoms with van der Waals surface area (Å²) in [6, 6.07) is 9.36. The van der Waals surface area contributed by atoms with Crippen molar-refractivity contribution >= 4 is 23.2 Å². The van der Waals surface area contributed by atoms with E-state index in [1.165, 1.54) is 0 Å². The highest BCUT2D eigenvalue weighted by molar-refractivity contribution is 7.07. The minimum atomic E-state index is -0.640. The van der Waals surface area contributed by atoms with Crippen LogP contribution in [0.3, 0.4) is 0 Å². The lowest BCUT2D eigenvalue weighted by Crippen LogP contribution is -2.42. The average Bonchev–Trinajstić information content (AvgIpc) is 3.14. The first-order valence-corrected chi connectivity index (χ1v) is 8.83. The quantitative estimate of drug-likeness (QED) is 0.738. The van der Waals surface area contributed by atoms with Gasteiger partial charge in [0.05, 0.1) is 13.2 Å². The number of carbonyl (C=O) groups excluding carboxylic acids is 2. The summed E-state index contributed by atoms with van der Waals surface area (Å²) in [4.78, 5) is 26.0. The SMILES string of the molecule is COc1ccc(CNC(=O)C(=O)NCC(c2ccsc2)N(C)C)cc1. The van der Waals surface area contributed by atoms with E-state index in [0.29, 0.717) is 6.54 Å². The van der Waals surface area contributed by atoms with Gasteiger partial charge in [-0.1, -0.05) is 12.1 Å². The Kier molecular flexibility index (Phi) is 6.97. The molecule has 1 aromatic carbocycles. The highest BCUT2D eigenvalue weighted by atomic mass is 32.1. The van der Waals surface area contributed by atoms with E-state index in [1.807, 2.05) is 60.1 Å². The van der Waals surface area contributed by atoms with Crippen LogP contribution in [0.15, 0.2) is 41.1 Å². The molecule has 0 saturated carbocycles. The molecule has 0 aliphatic heterocycles. The van der Waals surface area contributed by atoms with Gasteiger partial charge >= 0.3 is 11.8 Å². The van der Waals surface area contributed by atoms with E-state index in [1.54, 1.807) is 18.4 Å². The third-order valence-corrected chi connectivity index (χ3v) is 4.53. The number of carbonyl (C=O) groups is 2. The van der Waals surface area contributed by atoms with Crippen molar-refractivity contribution in [3.8, 4) is 5.75 Å². The molecule has 1 heterocycles. The van der Waals surface area contributed by atoms with E-state index in [9.17, 15) is 9.59 Å². The van der Waals surface area contributed by atoms with E-state index in [-0.39, 0.29) is 12.6 Å². The van der Waals surface area contributed by atoms with Crippen LogP contribution in [0, 0.1) is 0 Å². The lowest BCUT2D eigenvalue weighted by molar-refractivity contribution is -0.139. The molecule has 134 valence electrons. The van der Waals surface area contributed by atoms with Crippen LogP contribution in [0.25, 0.3) is 0 Å². The van der Waals surface area contributed by atoms with Gasteiger partial charge in [-0.2, -0.15) is 11.3 Å². The van der Waals surface area contributed by atoms with Crippen LogP contribution in [-0.2, 0) is 16.1 Å². The number of nitrogens with zero attached hydrogens (tertiary/aromatic N) is 1. The zero-order valence-corrected chi connectivity index (χ0v) is 15.4. The first-order chi connectivity index (χ1) is 12.0. The number of ether oxygens (including phenoxy) is 1. The van der Waals surface area contributed by atoms with Crippen molar-refractivity contribution in [2.24, 2.45) is 0 Å². The Bertz CT molecular complexity index is 684. The summed E-state index contributed by atoms with van der Waals surface area (Å²) in [5.41, 5.74) is 2.01. The third-order valence-electron chi connectivity index (χ3n) is 3.83. The number of thiophene rings is 1. The molecule has 0 radical (unpaired) electrons. The second-order valence-corrected chi connectivity index (χ2v) is 6.56. The molecule has 0 aliphatic carbocycles. The zero-order chi connectivity index (χ0) is 18.2. The van der Waals surface area contributed by atoms with E-state index < -0.39 is 11.8 Å². The van der Waals surface area contributed by atoms with E-state index in [0.717, 1.165) is 16.9 Å². The second-order valence-electron chi connectivity index (χ2n) is 5.78. The summed E-state index contributed by atoms with van der Waals surface area (Å²) in [5, 5.41) is 9.36. The Hall–Kier alpha value is -2.38. The van der Waals surface area contributed by atoms with Gasteiger partial charge in [0.25, 0.3) is 0 Å². The van der Waals surface area contributed by atoms with Crippen LogP contribution in [0.5, 0.6) is 5.75 Å². The molecule has 2 N–H and O–H groups in total.